The minimum Gasteiger partial charge on any atom is -0.481 e. The van der Waals surface area contributed by atoms with Crippen molar-refractivity contribution in [3.05, 3.63) is 35.9 Å². The standard InChI is InChI=1S/C19H27N3O4/c1-13(18(24)25)16(14-7-5-4-6-8-14)20-17(23)15-9-11-22(12-10-15)19(26)21(2)3/h4-8,13,15-16H,9-12H2,1-3H3,(H,20,23)(H,24,25). The number of carboxylic acid groups (broad SMARTS) is 1. The van der Waals surface area contributed by atoms with E-state index in [0.717, 1.165) is 5.56 Å². The van der Waals surface area contributed by atoms with Gasteiger partial charge in [-0.15, -0.1) is 0 Å². The summed E-state index contributed by atoms with van der Waals surface area (Å²) in [6.45, 7) is 2.65. The van der Waals surface area contributed by atoms with Crippen LogP contribution in [0.3, 0.4) is 0 Å². The zero-order valence-corrected chi connectivity index (χ0v) is 15.5. The van der Waals surface area contributed by atoms with Crippen LogP contribution in [0.2, 0.25) is 0 Å². The van der Waals surface area contributed by atoms with Gasteiger partial charge in [0.05, 0.1) is 12.0 Å². The highest BCUT2D eigenvalue weighted by atomic mass is 16.4. The highest BCUT2D eigenvalue weighted by Crippen LogP contribution is 2.25. The van der Waals surface area contributed by atoms with Gasteiger partial charge in [0.25, 0.3) is 0 Å². The Morgan fingerprint density at radius 2 is 1.73 bits per heavy atom. The summed E-state index contributed by atoms with van der Waals surface area (Å²) in [7, 11) is 3.41. The molecule has 26 heavy (non-hydrogen) atoms. The van der Waals surface area contributed by atoms with Crippen LogP contribution in [0.1, 0.15) is 31.4 Å². The predicted molar refractivity (Wildman–Crippen MR) is 97.5 cm³/mol. The fourth-order valence-corrected chi connectivity index (χ4v) is 3.19. The number of carboxylic acids is 1. The number of rotatable bonds is 5. The number of piperidine rings is 1. The number of carbonyl (C=O) groups excluding carboxylic acids is 2. The predicted octanol–water partition coefficient (Wildman–Crippen LogP) is 1.96. The van der Waals surface area contributed by atoms with Crippen molar-refractivity contribution >= 4 is 17.9 Å². The van der Waals surface area contributed by atoms with Crippen molar-refractivity contribution in [2.45, 2.75) is 25.8 Å². The molecule has 0 aliphatic carbocycles. The molecule has 7 nitrogen and oxygen atoms in total. The van der Waals surface area contributed by atoms with Gasteiger partial charge in [-0.25, -0.2) is 4.79 Å². The van der Waals surface area contributed by atoms with E-state index in [1.807, 2.05) is 30.3 Å². The molecule has 2 N–H and O–H groups in total. The molecule has 2 unspecified atom stereocenters. The monoisotopic (exact) mass is 361 g/mol. The van der Waals surface area contributed by atoms with Crippen molar-refractivity contribution in [1.29, 1.82) is 0 Å². The van der Waals surface area contributed by atoms with Crippen molar-refractivity contribution in [1.82, 2.24) is 15.1 Å². The SMILES string of the molecule is CC(C(=O)O)C(NC(=O)C1CCN(C(=O)N(C)C)CC1)c1ccccc1. The summed E-state index contributed by atoms with van der Waals surface area (Å²) in [5.41, 5.74) is 0.774. The first kappa shape index (κ1) is 19.8. The van der Waals surface area contributed by atoms with Gasteiger partial charge in [-0.1, -0.05) is 30.3 Å². The molecule has 142 valence electrons. The van der Waals surface area contributed by atoms with Crippen LogP contribution in [-0.4, -0.2) is 60.0 Å². The van der Waals surface area contributed by atoms with Gasteiger partial charge >= 0.3 is 12.0 Å². The lowest BCUT2D eigenvalue weighted by Gasteiger charge is -2.34. The third kappa shape index (κ3) is 4.74. The number of nitrogens with zero attached hydrogens (tertiary/aromatic N) is 2. The Balaban J connectivity index is 2.02. The van der Waals surface area contributed by atoms with Gasteiger partial charge < -0.3 is 20.2 Å². The van der Waals surface area contributed by atoms with E-state index < -0.39 is 17.9 Å². The largest absolute Gasteiger partial charge is 0.481 e. The molecular formula is C19H27N3O4. The highest BCUT2D eigenvalue weighted by Gasteiger charge is 2.32. The second-order valence-electron chi connectivity index (χ2n) is 6.96. The molecule has 2 rings (SSSR count). The topological polar surface area (TPSA) is 90.0 Å². The number of aliphatic carboxylic acids is 1. The molecule has 0 bridgehead atoms. The minimum atomic E-state index is -0.953. The fourth-order valence-electron chi connectivity index (χ4n) is 3.19. The third-order valence-electron chi connectivity index (χ3n) is 4.86. The summed E-state index contributed by atoms with van der Waals surface area (Å²) in [4.78, 5) is 39.4. The molecule has 1 heterocycles. The number of likely N-dealkylation sites (tertiary alicyclic amines) is 1. The normalized spacial score (nSPS) is 17.3. The Morgan fingerprint density at radius 3 is 2.23 bits per heavy atom. The Morgan fingerprint density at radius 1 is 1.15 bits per heavy atom. The zero-order valence-electron chi connectivity index (χ0n) is 15.5. The van der Waals surface area contributed by atoms with Crippen LogP contribution in [0, 0.1) is 11.8 Å². The van der Waals surface area contributed by atoms with E-state index in [9.17, 15) is 19.5 Å². The summed E-state index contributed by atoms with van der Waals surface area (Å²) >= 11 is 0. The van der Waals surface area contributed by atoms with E-state index in [1.54, 1.807) is 25.9 Å². The molecule has 1 aliphatic heterocycles. The van der Waals surface area contributed by atoms with Crippen LogP contribution in [-0.2, 0) is 9.59 Å². The lowest BCUT2D eigenvalue weighted by molar-refractivity contribution is -0.142. The van der Waals surface area contributed by atoms with E-state index in [2.05, 4.69) is 5.32 Å². The van der Waals surface area contributed by atoms with Crippen LogP contribution in [0.25, 0.3) is 0 Å². The third-order valence-corrected chi connectivity index (χ3v) is 4.86. The fraction of sp³-hybridized carbons (Fsp3) is 0.526. The molecule has 7 heteroatoms. The van der Waals surface area contributed by atoms with E-state index >= 15 is 0 Å². The molecule has 2 atom stereocenters. The maximum Gasteiger partial charge on any atom is 0.319 e. The number of hydrogen-bond acceptors (Lipinski definition) is 3. The Bertz CT molecular complexity index is 639. The first-order valence-electron chi connectivity index (χ1n) is 8.85. The van der Waals surface area contributed by atoms with Crippen LogP contribution in [0.4, 0.5) is 4.79 Å². The van der Waals surface area contributed by atoms with E-state index in [4.69, 9.17) is 0 Å². The molecule has 0 spiro atoms. The summed E-state index contributed by atoms with van der Waals surface area (Å²) in [6, 6.07) is 8.52. The van der Waals surface area contributed by atoms with Gasteiger partial charge in [0.15, 0.2) is 0 Å². The molecule has 1 aromatic rings. The van der Waals surface area contributed by atoms with Crippen LogP contribution < -0.4 is 5.32 Å². The van der Waals surface area contributed by atoms with Gasteiger partial charge in [-0.3, -0.25) is 9.59 Å². The smallest absolute Gasteiger partial charge is 0.319 e. The molecule has 1 fully saturated rings. The van der Waals surface area contributed by atoms with E-state index in [0.29, 0.717) is 25.9 Å². The van der Waals surface area contributed by atoms with Crippen LogP contribution in [0.15, 0.2) is 30.3 Å². The maximum atomic E-state index is 12.7. The number of nitrogens with one attached hydrogen (secondary N) is 1. The van der Waals surface area contributed by atoms with Gasteiger partial charge in [-0.05, 0) is 25.3 Å². The maximum absolute atomic E-state index is 12.7. The average Bonchev–Trinajstić information content (AvgIpc) is 2.65. The number of urea groups is 1. The Hall–Kier alpha value is -2.57. The van der Waals surface area contributed by atoms with Gasteiger partial charge in [0.2, 0.25) is 5.91 Å². The highest BCUT2D eigenvalue weighted by molar-refractivity contribution is 5.81. The summed E-state index contributed by atoms with van der Waals surface area (Å²) < 4.78 is 0. The molecular weight excluding hydrogens is 334 g/mol. The molecule has 0 aromatic heterocycles. The lowest BCUT2D eigenvalue weighted by Crippen LogP contribution is -2.47. The molecule has 0 saturated carbocycles. The number of hydrogen-bond donors (Lipinski definition) is 2. The first-order valence-corrected chi connectivity index (χ1v) is 8.85. The minimum absolute atomic E-state index is 0.0504. The quantitative estimate of drug-likeness (QED) is 0.839. The number of benzene rings is 1. The second-order valence-corrected chi connectivity index (χ2v) is 6.96. The summed E-state index contributed by atoms with van der Waals surface area (Å²) in [5, 5.41) is 12.3. The molecule has 0 radical (unpaired) electrons. The van der Waals surface area contributed by atoms with Gasteiger partial charge in [-0.2, -0.15) is 0 Å². The van der Waals surface area contributed by atoms with Gasteiger partial charge in [0.1, 0.15) is 0 Å². The van der Waals surface area contributed by atoms with Crippen molar-refractivity contribution in [2.24, 2.45) is 11.8 Å². The molecule has 3 amide bonds. The van der Waals surface area contributed by atoms with Crippen molar-refractivity contribution < 1.29 is 19.5 Å². The average molecular weight is 361 g/mol. The Kier molecular flexibility index (Phi) is 6.60. The van der Waals surface area contributed by atoms with Crippen LogP contribution >= 0.6 is 0 Å². The molecule has 1 aromatic carbocycles. The summed E-state index contributed by atoms with van der Waals surface area (Å²) in [5.74, 6) is -2.06. The zero-order chi connectivity index (χ0) is 19.3. The first-order chi connectivity index (χ1) is 12.3. The number of amides is 3. The second kappa shape index (κ2) is 8.69. The van der Waals surface area contributed by atoms with Crippen molar-refractivity contribution in [3.63, 3.8) is 0 Å². The molecule has 1 aliphatic rings. The van der Waals surface area contributed by atoms with E-state index in [1.165, 1.54) is 4.90 Å². The van der Waals surface area contributed by atoms with Gasteiger partial charge in [0, 0.05) is 33.1 Å². The lowest BCUT2D eigenvalue weighted by atomic mass is 9.91. The summed E-state index contributed by atoms with van der Waals surface area (Å²) in [6.07, 6.45) is 1.16. The Labute approximate surface area is 154 Å². The van der Waals surface area contributed by atoms with Crippen molar-refractivity contribution in [3.8, 4) is 0 Å². The van der Waals surface area contributed by atoms with E-state index in [-0.39, 0.29) is 17.9 Å². The number of carbonyl (C=O) groups is 3. The van der Waals surface area contributed by atoms with Crippen molar-refractivity contribution in [2.75, 3.05) is 27.2 Å². The molecule has 1 saturated heterocycles. The van der Waals surface area contributed by atoms with Crippen LogP contribution in [0.5, 0.6) is 0 Å².